The molecule has 16 heavy (non-hydrogen) atoms. The van der Waals surface area contributed by atoms with Crippen LogP contribution in [-0.4, -0.2) is 5.97 Å². The van der Waals surface area contributed by atoms with Crippen LogP contribution >= 0.6 is 0 Å². The summed E-state index contributed by atoms with van der Waals surface area (Å²) in [6, 6.07) is 7.80. The molecule has 0 aliphatic heterocycles. The topological polar surface area (TPSA) is 26.3 Å². The minimum Gasteiger partial charge on any atom is -0.426 e. The van der Waals surface area contributed by atoms with E-state index in [1.165, 1.54) is 0 Å². The fraction of sp³-hybridized carbons (Fsp3) is 0.500. The molecule has 0 fully saturated rings. The Labute approximate surface area is 97.6 Å². The van der Waals surface area contributed by atoms with Gasteiger partial charge in [0.25, 0.3) is 0 Å². The van der Waals surface area contributed by atoms with Gasteiger partial charge >= 0.3 is 5.97 Å². The molecule has 0 amide bonds. The number of esters is 1. The molecule has 0 aliphatic carbocycles. The van der Waals surface area contributed by atoms with Crippen molar-refractivity contribution in [3.05, 3.63) is 29.8 Å². The number of carbonyl (C=O) groups excluding carboxylic acids is 1. The molecule has 0 unspecified atom stereocenters. The van der Waals surface area contributed by atoms with E-state index < -0.39 is 0 Å². The van der Waals surface area contributed by atoms with Crippen LogP contribution in [0, 0.1) is 0 Å². The summed E-state index contributed by atoms with van der Waals surface area (Å²) in [5.74, 6) is 0.598. The molecule has 0 saturated heterocycles. The SMILES string of the molecule is CCCCc1ccccc1OC(=O)CCC. The van der Waals surface area contributed by atoms with Crippen LogP contribution in [-0.2, 0) is 11.2 Å². The highest BCUT2D eigenvalue weighted by atomic mass is 16.5. The zero-order valence-electron chi connectivity index (χ0n) is 10.2. The van der Waals surface area contributed by atoms with E-state index in [1.807, 2.05) is 31.2 Å². The van der Waals surface area contributed by atoms with E-state index in [9.17, 15) is 4.79 Å². The molecule has 88 valence electrons. The van der Waals surface area contributed by atoms with Crippen LogP contribution in [0.15, 0.2) is 24.3 Å². The maximum atomic E-state index is 11.4. The largest absolute Gasteiger partial charge is 0.426 e. The highest BCUT2D eigenvalue weighted by Gasteiger charge is 2.07. The minimum absolute atomic E-state index is 0.133. The lowest BCUT2D eigenvalue weighted by Crippen LogP contribution is -2.08. The van der Waals surface area contributed by atoms with Gasteiger partial charge in [-0.05, 0) is 30.9 Å². The number of para-hydroxylation sites is 1. The third kappa shape index (κ3) is 4.05. The van der Waals surface area contributed by atoms with Crippen molar-refractivity contribution < 1.29 is 9.53 Å². The molecular weight excluding hydrogens is 200 g/mol. The first-order chi connectivity index (χ1) is 7.77. The molecule has 0 radical (unpaired) electrons. The molecule has 1 rings (SSSR count). The van der Waals surface area contributed by atoms with Crippen LogP contribution in [0.25, 0.3) is 0 Å². The number of benzene rings is 1. The second-order valence-electron chi connectivity index (χ2n) is 3.94. The summed E-state index contributed by atoms with van der Waals surface area (Å²) >= 11 is 0. The summed E-state index contributed by atoms with van der Waals surface area (Å²) in [7, 11) is 0. The Morgan fingerprint density at radius 3 is 2.62 bits per heavy atom. The predicted octanol–water partition coefficient (Wildman–Crippen LogP) is 3.73. The van der Waals surface area contributed by atoms with Gasteiger partial charge in [0, 0.05) is 6.42 Å². The molecule has 0 aliphatic rings. The third-order valence-corrected chi connectivity index (χ3v) is 2.45. The Morgan fingerprint density at radius 2 is 1.94 bits per heavy atom. The Bertz CT molecular complexity index is 331. The zero-order chi connectivity index (χ0) is 11.8. The average Bonchev–Trinajstić information content (AvgIpc) is 2.28. The highest BCUT2D eigenvalue weighted by molar-refractivity contribution is 5.72. The smallest absolute Gasteiger partial charge is 0.311 e. The molecule has 2 nitrogen and oxygen atoms in total. The lowest BCUT2D eigenvalue weighted by atomic mass is 10.1. The Morgan fingerprint density at radius 1 is 1.19 bits per heavy atom. The van der Waals surface area contributed by atoms with Crippen LogP contribution in [0.5, 0.6) is 5.75 Å². The molecule has 0 saturated carbocycles. The van der Waals surface area contributed by atoms with Gasteiger partial charge in [0.15, 0.2) is 0 Å². The molecule has 0 aromatic heterocycles. The van der Waals surface area contributed by atoms with Crippen molar-refractivity contribution in [1.82, 2.24) is 0 Å². The zero-order valence-corrected chi connectivity index (χ0v) is 10.2. The van der Waals surface area contributed by atoms with Crippen molar-refractivity contribution in [3.63, 3.8) is 0 Å². The standard InChI is InChI=1S/C14H20O2/c1-3-5-9-12-10-6-7-11-13(12)16-14(15)8-4-2/h6-7,10-11H,3-5,8-9H2,1-2H3. The molecule has 2 heteroatoms. The molecule has 0 spiro atoms. The summed E-state index contributed by atoms with van der Waals surface area (Å²) in [5, 5.41) is 0. The summed E-state index contributed by atoms with van der Waals surface area (Å²) in [4.78, 5) is 11.4. The lowest BCUT2D eigenvalue weighted by Gasteiger charge is -2.09. The van der Waals surface area contributed by atoms with E-state index >= 15 is 0 Å². The number of hydrogen-bond acceptors (Lipinski definition) is 2. The van der Waals surface area contributed by atoms with Gasteiger partial charge in [-0.1, -0.05) is 38.5 Å². The number of unbranched alkanes of at least 4 members (excludes halogenated alkanes) is 1. The normalized spacial score (nSPS) is 10.1. The van der Waals surface area contributed by atoms with Crippen LogP contribution in [0.1, 0.15) is 45.1 Å². The van der Waals surface area contributed by atoms with E-state index in [2.05, 4.69) is 6.92 Å². The van der Waals surface area contributed by atoms with E-state index in [-0.39, 0.29) is 5.97 Å². The highest BCUT2D eigenvalue weighted by Crippen LogP contribution is 2.20. The number of aryl methyl sites for hydroxylation is 1. The van der Waals surface area contributed by atoms with Crippen molar-refractivity contribution in [2.75, 3.05) is 0 Å². The Balaban J connectivity index is 2.66. The van der Waals surface area contributed by atoms with Gasteiger partial charge in [-0.2, -0.15) is 0 Å². The maximum absolute atomic E-state index is 11.4. The fourth-order valence-electron chi connectivity index (χ4n) is 1.55. The number of hydrogen-bond donors (Lipinski definition) is 0. The van der Waals surface area contributed by atoms with E-state index in [4.69, 9.17) is 4.74 Å². The monoisotopic (exact) mass is 220 g/mol. The van der Waals surface area contributed by atoms with Crippen LogP contribution < -0.4 is 4.74 Å². The maximum Gasteiger partial charge on any atom is 0.311 e. The van der Waals surface area contributed by atoms with Gasteiger partial charge < -0.3 is 4.74 Å². The first-order valence-corrected chi connectivity index (χ1v) is 6.06. The Hall–Kier alpha value is -1.31. The average molecular weight is 220 g/mol. The van der Waals surface area contributed by atoms with Gasteiger partial charge in [0.1, 0.15) is 5.75 Å². The lowest BCUT2D eigenvalue weighted by molar-refractivity contribution is -0.134. The summed E-state index contributed by atoms with van der Waals surface area (Å²) in [5.41, 5.74) is 1.13. The molecule has 1 aromatic rings. The summed E-state index contributed by atoms with van der Waals surface area (Å²) in [6.07, 6.45) is 4.57. The summed E-state index contributed by atoms with van der Waals surface area (Å²) in [6.45, 7) is 4.13. The second kappa shape index (κ2) is 7.04. The number of ether oxygens (including phenoxy) is 1. The third-order valence-electron chi connectivity index (χ3n) is 2.45. The molecule has 0 heterocycles. The van der Waals surface area contributed by atoms with Gasteiger partial charge in [0.05, 0.1) is 0 Å². The predicted molar refractivity (Wildman–Crippen MR) is 65.6 cm³/mol. The first-order valence-electron chi connectivity index (χ1n) is 6.06. The number of carbonyl (C=O) groups is 1. The number of rotatable bonds is 6. The quantitative estimate of drug-likeness (QED) is 0.539. The second-order valence-corrected chi connectivity index (χ2v) is 3.94. The fourth-order valence-corrected chi connectivity index (χ4v) is 1.55. The van der Waals surface area contributed by atoms with Crippen molar-refractivity contribution in [2.24, 2.45) is 0 Å². The Kier molecular flexibility index (Phi) is 5.62. The van der Waals surface area contributed by atoms with Crippen molar-refractivity contribution in [3.8, 4) is 5.75 Å². The van der Waals surface area contributed by atoms with Gasteiger partial charge in [-0.15, -0.1) is 0 Å². The van der Waals surface area contributed by atoms with Crippen LogP contribution in [0.2, 0.25) is 0 Å². The molecule has 0 N–H and O–H groups in total. The van der Waals surface area contributed by atoms with Gasteiger partial charge in [-0.25, -0.2) is 0 Å². The van der Waals surface area contributed by atoms with Crippen molar-refractivity contribution in [1.29, 1.82) is 0 Å². The van der Waals surface area contributed by atoms with E-state index in [1.54, 1.807) is 0 Å². The van der Waals surface area contributed by atoms with E-state index in [0.29, 0.717) is 6.42 Å². The van der Waals surface area contributed by atoms with Crippen molar-refractivity contribution >= 4 is 5.97 Å². The molecular formula is C14H20O2. The van der Waals surface area contributed by atoms with E-state index in [0.717, 1.165) is 37.0 Å². The van der Waals surface area contributed by atoms with Gasteiger partial charge in [0.2, 0.25) is 0 Å². The molecule has 1 aromatic carbocycles. The summed E-state index contributed by atoms with van der Waals surface area (Å²) < 4.78 is 5.34. The van der Waals surface area contributed by atoms with Crippen molar-refractivity contribution in [2.45, 2.75) is 46.0 Å². The molecule has 0 atom stereocenters. The van der Waals surface area contributed by atoms with Gasteiger partial charge in [-0.3, -0.25) is 4.79 Å². The van der Waals surface area contributed by atoms with Crippen LogP contribution in [0.4, 0.5) is 0 Å². The molecule has 0 bridgehead atoms. The first kappa shape index (κ1) is 12.8. The van der Waals surface area contributed by atoms with Crippen LogP contribution in [0.3, 0.4) is 0 Å². The minimum atomic E-state index is -0.133.